The summed E-state index contributed by atoms with van der Waals surface area (Å²) in [7, 11) is 0. The molecule has 0 aliphatic heterocycles. The molecule has 13 heavy (non-hydrogen) atoms. The third-order valence-corrected chi connectivity index (χ3v) is 1.77. The number of hydrogen-bond acceptors (Lipinski definition) is 3. The molecule has 0 amide bonds. The number of aryl methyl sites for hydroxylation is 1. The van der Waals surface area contributed by atoms with Crippen LogP contribution in [0, 0.1) is 19.3 Å². The van der Waals surface area contributed by atoms with E-state index >= 15 is 0 Å². The fourth-order valence-electron chi connectivity index (χ4n) is 1.01. The second-order valence-electron chi connectivity index (χ2n) is 2.79. The SMILES string of the molecule is C#CC(O)(CC=O)c1ccc(C)o1. The van der Waals surface area contributed by atoms with Crippen molar-refractivity contribution >= 4 is 6.29 Å². The van der Waals surface area contributed by atoms with Crippen molar-refractivity contribution in [2.45, 2.75) is 18.9 Å². The van der Waals surface area contributed by atoms with E-state index in [4.69, 9.17) is 10.8 Å². The lowest BCUT2D eigenvalue weighted by molar-refractivity contribution is -0.111. The smallest absolute Gasteiger partial charge is 0.189 e. The lowest BCUT2D eigenvalue weighted by atomic mass is 9.99. The summed E-state index contributed by atoms with van der Waals surface area (Å²) in [5.41, 5.74) is -1.60. The molecule has 0 aliphatic carbocycles. The van der Waals surface area contributed by atoms with Crippen molar-refractivity contribution in [3.8, 4) is 12.3 Å². The maximum atomic E-state index is 10.3. The molecule has 1 heterocycles. The van der Waals surface area contributed by atoms with Gasteiger partial charge in [-0.1, -0.05) is 5.92 Å². The van der Waals surface area contributed by atoms with Crippen molar-refractivity contribution in [3.05, 3.63) is 23.7 Å². The van der Waals surface area contributed by atoms with E-state index in [-0.39, 0.29) is 12.2 Å². The molecule has 1 aromatic rings. The first-order valence-corrected chi connectivity index (χ1v) is 3.83. The van der Waals surface area contributed by atoms with Crippen LogP contribution in [-0.4, -0.2) is 11.4 Å². The molecule has 1 rings (SSSR count). The summed E-state index contributed by atoms with van der Waals surface area (Å²) in [6.45, 7) is 1.74. The van der Waals surface area contributed by atoms with Crippen LogP contribution < -0.4 is 0 Å². The van der Waals surface area contributed by atoms with Crippen LogP contribution in [0.3, 0.4) is 0 Å². The van der Waals surface area contributed by atoms with Crippen LogP contribution in [0.25, 0.3) is 0 Å². The first-order valence-electron chi connectivity index (χ1n) is 3.83. The largest absolute Gasteiger partial charge is 0.462 e. The molecular weight excluding hydrogens is 168 g/mol. The number of aldehydes is 1. The van der Waals surface area contributed by atoms with Crippen molar-refractivity contribution in [3.63, 3.8) is 0 Å². The maximum Gasteiger partial charge on any atom is 0.189 e. The zero-order chi connectivity index (χ0) is 9.90. The van der Waals surface area contributed by atoms with Gasteiger partial charge >= 0.3 is 0 Å². The summed E-state index contributed by atoms with van der Waals surface area (Å²) < 4.78 is 5.14. The topological polar surface area (TPSA) is 50.4 Å². The van der Waals surface area contributed by atoms with E-state index in [2.05, 4.69) is 5.92 Å². The van der Waals surface area contributed by atoms with Gasteiger partial charge in [0.2, 0.25) is 0 Å². The highest BCUT2D eigenvalue weighted by atomic mass is 16.4. The summed E-state index contributed by atoms with van der Waals surface area (Å²) in [6, 6.07) is 3.25. The standard InChI is InChI=1S/C10H10O3/c1-3-10(12,6-7-11)9-5-4-8(2)13-9/h1,4-5,7,12H,6H2,2H3. The summed E-state index contributed by atoms with van der Waals surface area (Å²) in [6.07, 6.45) is 5.53. The van der Waals surface area contributed by atoms with Gasteiger partial charge in [0.05, 0.1) is 6.42 Å². The predicted octanol–water partition coefficient (Wildman–Crippen LogP) is 0.998. The van der Waals surface area contributed by atoms with Crippen LogP contribution in [0.4, 0.5) is 0 Å². The van der Waals surface area contributed by atoms with Gasteiger partial charge in [-0.2, -0.15) is 0 Å². The molecule has 3 nitrogen and oxygen atoms in total. The number of terminal acetylenes is 1. The molecule has 0 fully saturated rings. The summed E-state index contributed by atoms with van der Waals surface area (Å²) in [5.74, 6) is 3.02. The number of hydrogen-bond donors (Lipinski definition) is 1. The molecule has 68 valence electrons. The number of carbonyl (C=O) groups excluding carboxylic acids is 1. The molecule has 3 heteroatoms. The van der Waals surface area contributed by atoms with Crippen molar-refractivity contribution in [1.82, 2.24) is 0 Å². The lowest BCUT2D eigenvalue weighted by Gasteiger charge is -2.15. The third kappa shape index (κ3) is 1.79. The van der Waals surface area contributed by atoms with Crippen molar-refractivity contribution in [1.29, 1.82) is 0 Å². The predicted molar refractivity (Wildman–Crippen MR) is 46.9 cm³/mol. The maximum absolute atomic E-state index is 10.3. The summed E-state index contributed by atoms with van der Waals surface area (Å²) in [5, 5.41) is 9.74. The Bertz CT molecular complexity index is 345. The fourth-order valence-corrected chi connectivity index (χ4v) is 1.01. The Morgan fingerprint density at radius 3 is 2.85 bits per heavy atom. The Hall–Kier alpha value is -1.53. The van der Waals surface area contributed by atoms with Gasteiger partial charge < -0.3 is 14.3 Å². The number of aliphatic hydroxyl groups is 1. The Kier molecular flexibility index (Phi) is 2.54. The van der Waals surface area contributed by atoms with Gasteiger partial charge in [0.1, 0.15) is 17.8 Å². The number of carbonyl (C=O) groups is 1. The average Bonchev–Trinajstić information content (AvgIpc) is 2.52. The van der Waals surface area contributed by atoms with E-state index < -0.39 is 5.60 Å². The average molecular weight is 178 g/mol. The molecule has 0 saturated heterocycles. The molecule has 0 aliphatic rings. The highest BCUT2D eigenvalue weighted by Crippen LogP contribution is 2.24. The Balaban J connectivity index is 3.03. The fraction of sp³-hybridized carbons (Fsp3) is 0.300. The Labute approximate surface area is 76.4 Å². The van der Waals surface area contributed by atoms with Crippen LogP contribution >= 0.6 is 0 Å². The number of rotatable bonds is 3. The van der Waals surface area contributed by atoms with Crippen molar-refractivity contribution in [2.24, 2.45) is 0 Å². The van der Waals surface area contributed by atoms with Gasteiger partial charge in [0.25, 0.3) is 0 Å². The van der Waals surface area contributed by atoms with Crippen molar-refractivity contribution in [2.75, 3.05) is 0 Å². The van der Waals surface area contributed by atoms with Gasteiger partial charge in [-0.05, 0) is 19.1 Å². The van der Waals surface area contributed by atoms with Crippen LogP contribution in [0.2, 0.25) is 0 Å². The van der Waals surface area contributed by atoms with Crippen LogP contribution in [0.1, 0.15) is 17.9 Å². The number of furan rings is 1. The molecular formula is C10H10O3. The van der Waals surface area contributed by atoms with Crippen LogP contribution in [0.15, 0.2) is 16.5 Å². The Morgan fingerprint density at radius 1 is 1.77 bits per heavy atom. The first-order chi connectivity index (χ1) is 6.12. The van der Waals surface area contributed by atoms with E-state index in [1.807, 2.05) is 0 Å². The monoisotopic (exact) mass is 178 g/mol. The molecule has 1 unspecified atom stereocenters. The summed E-state index contributed by atoms with van der Waals surface area (Å²) in [4.78, 5) is 10.3. The minimum atomic E-state index is -1.60. The minimum Gasteiger partial charge on any atom is -0.462 e. The first kappa shape index (κ1) is 9.56. The third-order valence-electron chi connectivity index (χ3n) is 1.77. The second-order valence-corrected chi connectivity index (χ2v) is 2.79. The second kappa shape index (κ2) is 3.46. The normalized spacial score (nSPS) is 14.5. The highest BCUT2D eigenvalue weighted by Gasteiger charge is 2.29. The van der Waals surface area contributed by atoms with Crippen molar-refractivity contribution < 1.29 is 14.3 Å². The molecule has 1 N–H and O–H groups in total. The van der Waals surface area contributed by atoms with Crippen LogP contribution in [0.5, 0.6) is 0 Å². The summed E-state index contributed by atoms with van der Waals surface area (Å²) >= 11 is 0. The molecule has 0 saturated carbocycles. The van der Waals surface area contributed by atoms with E-state index in [0.717, 1.165) is 0 Å². The zero-order valence-corrected chi connectivity index (χ0v) is 7.28. The van der Waals surface area contributed by atoms with E-state index in [9.17, 15) is 9.90 Å². The van der Waals surface area contributed by atoms with Gasteiger partial charge in [0, 0.05) is 0 Å². The molecule has 0 radical (unpaired) electrons. The van der Waals surface area contributed by atoms with Gasteiger partial charge in [-0.15, -0.1) is 6.42 Å². The Morgan fingerprint density at radius 2 is 2.46 bits per heavy atom. The highest BCUT2D eigenvalue weighted by molar-refractivity contribution is 5.54. The zero-order valence-electron chi connectivity index (χ0n) is 7.28. The molecule has 0 spiro atoms. The minimum absolute atomic E-state index is 0.156. The van der Waals surface area contributed by atoms with Gasteiger partial charge in [0.15, 0.2) is 5.60 Å². The molecule has 1 aromatic heterocycles. The van der Waals surface area contributed by atoms with Gasteiger partial charge in [-0.3, -0.25) is 0 Å². The van der Waals surface area contributed by atoms with Crippen LogP contribution in [-0.2, 0) is 10.4 Å². The molecule has 0 bridgehead atoms. The lowest BCUT2D eigenvalue weighted by Crippen LogP contribution is -2.23. The van der Waals surface area contributed by atoms with E-state index in [1.165, 1.54) is 0 Å². The van der Waals surface area contributed by atoms with Gasteiger partial charge in [-0.25, -0.2) is 0 Å². The molecule has 0 aromatic carbocycles. The quantitative estimate of drug-likeness (QED) is 0.554. The van der Waals surface area contributed by atoms with E-state index in [1.54, 1.807) is 19.1 Å². The van der Waals surface area contributed by atoms with E-state index in [0.29, 0.717) is 12.0 Å². The molecule has 1 atom stereocenters.